The van der Waals surface area contributed by atoms with Gasteiger partial charge in [0.05, 0.1) is 18.1 Å². The number of carbonyl (C=O) groups is 1. The van der Waals surface area contributed by atoms with E-state index in [4.69, 9.17) is 0 Å². The van der Waals surface area contributed by atoms with E-state index in [2.05, 4.69) is 15.1 Å². The highest BCUT2D eigenvalue weighted by atomic mass is 32.2. The molecule has 1 amide bonds. The minimum atomic E-state index is -3.30. The Hall–Kier alpha value is -3.39. The predicted octanol–water partition coefficient (Wildman–Crippen LogP) is 2.62. The van der Waals surface area contributed by atoms with Crippen molar-refractivity contribution >= 4 is 27.7 Å². The van der Waals surface area contributed by atoms with Crippen LogP contribution in [0.1, 0.15) is 11.1 Å². The molecule has 3 rings (SSSR count). The summed E-state index contributed by atoms with van der Waals surface area (Å²) < 4.78 is 26.6. The molecule has 2 aromatic carbocycles. The van der Waals surface area contributed by atoms with E-state index in [0.717, 1.165) is 23.1 Å². The van der Waals surface area contributed by atoms with Gasteiger partial charge in [-0.1, -0.05) is 30.3 Å². The maximum Gasteiger partial charge on any atom is 0.244 e. The molecular weight excluding hydrogens is 388 g/mol. The van der Waals surface area contributed by atoms with Crippen molar-refractivity contribution < 1.29 is 13.2 Å². The number of benzene rings is 2. The van der Waals surface area contributed by atoms with Crippen molar-refractivity contribution in [1.82, 2.24) is 15.1 Å². The summed E-state index contributed by atoms with van der Waals surface area (Å²) in [5.74, 6) is -0.196. The van der Waals surface area contributed by atoms with Crippen LogP contribution in [0.4, 0.5) is 5.69 Å². The summed E-state index contributed by atoms with van der Waals surface area (Å²) >= 11 is 0. The molecule has 3 aromatic rings. The van der Waals surface area contributed by atoms with Crippen LogP contribution in [0.15, 0.2) is 73.1 Å². The number of anilines is 1. The quantitative estimate of drug-likeness (QED) is 0.558. The fourth-order valence-corrected chi connectivity index (χ4v) is 3.21. The van der Waals surface area contributed by atoms with Crippen molar-refractivity contribution in [3.8, 4) is 5.69 Å². The van der Waals surface area contributed by atoms with Gasteiger partial charge in [-0.15, -0.1) is 0 Å². The third kappa shape index (κ3) is 6.62. The van der Waals surface area contributed by atoms with E-state index in [1.807, 2.05) is 36.5 Å². The zero-order valence-corrected chi connectivity index (χ0v) is 16.8. The second-order valence-electron chi connectivity index (χ2n) is 6.50. The Morgan fingerprint density at radius 3 is 2.52 bits per heavy atom. The van der Waals surface area contributed by atoms with Crippen molar-refractivity contribution in [2.45, 2.75) is 6.42 Å². The molecule has 0 unspecified atom stereocenters. The molecule has 0 aliphatic heterocycles. The molecule has 0 fully saturated rings. The van der Waals surface area contributed by atoms with Gasteiger partial charge in [-0.3, -0.25) is 9.52 Å². The van der Waals surface area contributed by atoms with Crippen LogP contribution in [-0.4, -0.2) is 36.9 Å². The SMILES string of the molecule is CS(=O)(=O)Nc1ccc(/C=C/C(=O)NCCc2cnn(-c3ccccc3)c2)cc1. The Kier molecular flexibility index (Phi) is 6.46. The van der Waals surface area contributed by atoms with Crippen molar-refractivity contribution in [2.24, 2.45) is 0 Å². The number of para-hydroxylation sites is 1. The van der Waals surface area contributed by atoms with Crippen LogP contribution < -0.4 is 10.0 Å². The number of nitrogens with one attached hydrogen (secondary N) is 2. The molecule has 0 atom stereocenters. The van der Waals surface area contributed by atoms with Crippen LogP contribution in [0.2, 0.25) is 0 Å². The number of rotatable bonds is 8. The zero-order chi connectivity index (χ0) is 20.7. The number of amides is 1. The molecule has 0 aliphatic carbocycles. The Morgan fingerprint density at radius 2 is 1.83 bits per heavy atom. The zero-order valence-electron chi connectivity index (χ0n) is 15.9. The summed E-state index contributed by atoms with van der Waals surface area (Å²) in [6.45, 7) is 0.501. The fourth-order valence-electron chi connectivity index (χ4n) is 2.65. The highest BCUT2D eigenvalue weighted by molar-refractivity contribution is 7.92. The van der Waals surface area contributed by atoms with Crippen LogP contribution in [0.25, 0.3) is 11.8 Å². The van der Waals surface area contributed by atoms with E-state index in [0.29, 0.717) is 18.7 Å². The Labute approximate surface area is 170 Å². The molecule has 0 saturated heterocycles. The molecule has 0 aliphatic rings. The van der Waals surface area contributed by atoms with Crippen LogP contribution in [0.3, 0.4) is 0 Å². The molecule has 7 nitrogen and oxygen atoms in total. The Balaban J connectivity index is 1.46. The summed E-state index contributed by atoms with van der Waals surface area (Å²) in [4.78, 5) is 12.0. The molecule has 0 spiro atoms. The average molecular weight is 410 g/mol. The van der Waals surface area contributed by atoms with Crippen LogP contribution >= 0.6 is 0 Å². The standard InChI is InChI=1S/C21H22N4O3S/c1-29(27,28)24-19-10-7-17(8-11-19)9-12-21(26)22-14-13-18-15-23-25(16-18)20-5-3-2-4-6-20/h2-12,15-16,24H,13-14H2,1H3,(H,22,26)/b12-9+. The summed E-state index contributed by atoms with van der Waals surface area (Å²) in [5, 5.41) is 7.18. The maximum atomic E-state index is 12.0. The van der Waals surface area contributed by atoms with Crippen molar-refractivity contribution in [3.05, 3.63) is 84.2 Å². The molecule has 1 aromatic heterocycles. The van der Waals surface area contributed by atoms with Crippen molar-refractivity contribution in [3.63, 3.8) is 0 Å². The number of hydrogen-bond donors (Lipinski definition) is 2. The minimum absolute atomic E-state index is 0.196. The molecule has 0 saturated carbocycles. The van der Waals surface area contributed by atoms with Gasteiger partial charge in [-0.05, 0) is 47.9 Å². The second-order valence-corrected chi connectivity index (χ2v) is 8.25. The lowest BCUT2D eigenvalue weighted by atomic mass is 10.2. The first-order valence-corrected chi connectivity index (χ1v) is 10.9. The molecule has 150 valence electrons. The van der Waals surface area contributed by atoms with Crippen LogP contribution in [0, 0.1) is 0 Å². The van der Waals surface area contributed by atoms with E-state index < -0.39 is 10.0 Å². The van der Waals surface area contributed by atoms with Gasteiger partial charge < -0.3 is 5.32 Å². The van der Waals surface area contributed by atoms with Crippen molar-refractivity contribution in [1.29, 1.82) is 0 Å². The molecule has 29 heavy (non-hydrogen) atoms. The smallest absolute Gasteiger partial charge is 0.244 e. The predicted molar refractivity (Wildman–Crippen MR) is 114 cm³/mol. The Morgan fingerprint density at radius 1 is 1.10 bits per heavy atom. The number of hydrogen-bond acceptors (Lipinski definition) is 4. The average Bonchev–Trinajstić information content (AvgIpc) is 3.16. The van der Waals surface area contributed by atoms with E-state index in [1.54, 1.807) is 41.2 Å². The van der Waals surface area contributed by atoms with E-state index in [-0.39, 0.29) is 5.91 Å². The number of carbonyl (C=O) groups excluding carboxylic acids is 1. The van der Waals surface area contributed by atoms with Crippen LogP contribution in [-0.2, 0) is 21.2 Å². The molecule has 1 heterocycles. The highest BCUT2D eigenvalue weighted by Crippen LogP contribution is 2.12. The molecular formula is C21H22N4O3S. The first-order chi connectivity index (χ1) is 13.9. The normalized spacial score (nSPS) is 11.5. The fraction of sp³-hybridized carbons (Fsp3) is 0.143. The lowest BCUT2D eigenvalue weighted by molar-refractivity contribution is -0.116. The van der Waals surface area contributed by atoms with Gasteiger partial charge in [-0.25, -0.2) is 13.1 Å². The lowest BCUT2D eigenvalue weighted by Gasteiger charge is -2.03. The van der Waals surface area contributed by atoms with Gasteiger partial charge in [0.15, 0.2) is 0 Å². The van der Waals surface area contributed by atoms with Crippen LogP contribution in [0.5, 0.6) is 0 Å². The van der Waals surface area contributed by atoms with Gasteiger partial charge in [0.1, 0.15) is 0 Å². The highest BCUT2D eigenvalue weighted by Gasteiger charge is 2.03. The first-order valence-electron chi connectivity index (χ1n) is 9.02. The molecule has 8 heteroatoms. The van der Waals surface area contributed by atoms with E-state index in [1.165, 1.54) is 6.08 Å². The van der Waals surface area contributed by atoms with Gasteiger partial charge in [-0.2, -0.15) is 5.10 Å². The number of sulfonamides is 1. The van der Waals surface area contributed by atoms with E-state index >= 15 is 0 Å². The first kappa shape index (κ1) is 20.3. The minimum Gasteiger partial charge on any atom is -0.352 e. The topological polar surface area (TPSA) is 93.1 Å². The van der Waals surface area contributed by atoms with Gasteiger partial charge in [0.2, 0.25) is 15.9 Å². The molecule has 0 bridgehead atoms. The van der Waals surface area contributed by atoms with Gasteiger partial charge >= 0.3 is 0 Å². The van der Waals surface area contributed by atoms with E-state index in [9.17, 15) is 13.2 Å². The summed E-state index contributed by atoms with van der Waals surface area (Å²) in [7, 11) is -3.30. The van der Waals surface area contributed by atoms with Crippen molar-refractivity contribution in [2.75, 3.05) is 17.5 Å². The third-order valence-corrected chi connectivity index (χ3v) is 4.62. The Bertz CT molecular complexity index is 1090. The second kappa shape index (κ2) is 9.20. The molecule has 2 N–H and O–H groups in total. The summed E-state index contributed by atoms with van der Waals surface area (Å²) in [5.41, 5.74) is 3.30. The monoisotopic (exact) mass is 410 g/mol. The maximum absolute atomic E-state index is 12.0. The third-order valence-electron chi connectivity index (χ3n) is 4.01. The summed E-state index contributed by atoms with van der Waals surface area (Å²) in [6.07, 6.45) is 8.64. The van der Waals surface area contributed by atoms with Gasteiger partial charge in [0.25, 0.3) is 0 Å². The molecule has 0 radical (unpaired) electrons. The van der Waals surface area contributed by atoms with Gasteiger partial charge in [0, 0.05) is 24.5 Å². The number of aromatic nitrogens is 2. The number of nitrogens with zero attached hydrogens (tertiary/aromatic N) is 2. The largest absolute Gasteiger partial charge is 0.352 e. The lowest BCUT2D eigenvalue weighted by Crippen LogP contribution is -2.23. The summed E-state index contributed by atoms with van der Waals surface area (Å²) in [6, 6.07) is 16.6.